The van der Waals surface area contributed by atoms with Crippen LogP contribution in [0.5, 0.6) is 0 Å². The van der Waals surface area contributed by atoms with Crippen LogP contribution in [0.3, 0.4) is 0 Å². The number of anilines is 3. The molecule has 5 heterocycles. The topological polar surface area (TPSA) is 88.1 Å². The van der Waals surface area contributed by atoms with Crippen molar-refractivity contribution in [3.8, 4) is 5.69 Å². The third kappa shape index (κ3) is 4.92. The van der Waals surface area contributed by atoms with Gasteiger partial charge in [-0.05, 0) is 49.4 Å². The lowest BCUT2D eigenvalue weighted by atomic mass is 10.2. The minimum atomic E-state index is -0.492. The zero-order valence-corrected chi connectivity index (χ0v) is 26.6. The molecular weight excluding hydrogens is 626 g/mol. The number of para-hydroxylation sites is 2. The maximum Gasteiger partial charge on any atom is 0.296 e. The number of thioether (sulfide) groups is 1. The number of fused-ring (bicyclic) bond motifs is 1. The summed E-state index contributed by atoms with van der Waals surface area (Å²) in [5, 5.41) is 0. The molecule has 2 aromatic carbocycles. The van der Waals surface area contributed by atoms with Gasteiger partial charge in [0.15, 0.2) is 4.32 Å². The van der Waals surface area contributed by atoms with Crippen LogP contribution in [0.4, 0.5) is 21.6 Å². The van der Waals surface area contributed by atoms with Crippen LogP contribution in [0.15, 0.2) is 93.5 Å². The number of rotatable bonds is 5. The van der Waals surface area contributed by atoms with Crippen molar-refractivity contribution in [2.24, 2.45) is 7.05 Å². The highest BCUT2D eigenvalue weighted by Gasteiger charge is 2.38. The zero-order valence-electron chi connectivity index (χ0n) is 25.0. The van der Waals surface area contributed by atoms with E-state index in [1.54, 1.807) is 61.2 Å². The fourth-order valence-electron chi connectivity index (χ4n) is 5.93. The monoisotopic (exact) mass is 653 g/mol. The molecule has 1 amide bonds. The molecule has 13 heteroatoms. The van der Waals surface area contributed by atoms with E-state index in [0.29, 0.717) is 54.7 Å². The van der Waals surface area contributed by atoms with Crippen LogP contribution in [0, 0.1) is 12.7 Å². The summed E-state index contributed by atoms with van der Waals surface area (Å²) in [7, 11) is 1.75. The van der Waals surface area contributed by atoms with E-state index in [9.17, 15) is 18.8 Å². The van der Waals surface area contributed by atoms with E-state index in [2.05, 4.69) is 0 Å². The number of benzene rings is 2. The lowest BCUT2D eigenvalue weighted by Crippen LogP contribution is -2.47. The molecule has 0 bridgehead atoms. The number of halogens is 1. The summed E-state index contributed by atoms with van der Waals surface area (Å²) in [5.41, 5.74) is 1.87. The van der Waals surface area contributed by atoms with Crippen molar-refractivity contribution in [2.45, 2.75) is 6.92 Å². The van der Waals surface area contributed by atoms with Crippen molar-refractivity contribution >= 4 is 63.1 Å². The molecule has 2 aliphatic heterocycles. The van der Waals surface area contributed by atoms with Gasteiger partial charge < -0.3 is 9.80 Å². The normalized spacial score (nSPS) is 16.3. The molecule has 46 heavy (non-hydrogen) atoms. The number of thiocarbonyl (C=S) groups is 1. The fraction of sp³-hybridized carbons (Fsp3) is 0.182. The third-order valence-corrected chi connectivity index (χ3v) is 9.64. The van der Waals surface area contributed by atoms with Crippen LogP contribution >= 0.6 is 24.0 Å². The first-order valence-electron chi connectivity index (χ1n) is 14.6. The van der Waals surface area contributed by atoms with Gasteiger partial charge in [0.1, 0.15) is 23.0 Å². The Kier molecular flexibility index (Phi) is 7.57. The first-order valence-corrected chi connectivity index (χ1v) is 15.8. The number of piperazine rings is 1. The lowest BCUT2D eigenvalue weighted by Gasteiger charge is -2.37. The van der Waals surface area contributed by atoms with Crippen LogP contribution in [-0.2, 0) is 11.8 Å². The summed E-state index contributed by atoms with van der Waals surface area (Å²) in [6, 6.07) is 21.1. The maximum absolute atomic E-state index is 14.5. The summed E-state index contributed by atoms with van der Waals surface area (Å²) in [4.78, 5) is 51.9. The Labute approximate surface area is 272 Å². The summed E-state index contributed by atoms with van der Waals surface area (Å²) in [6.07, 6.45) is 3.16. The summed E-state index contributed by atoms with van der Waals surface area (Å²) in [6.45, 7) is 3.75. The van der Waals surface area contributed by atoms with E-state index in [4.69, 9.17) is 17.2 Å². The number of pyridine rings is 1. The molecule has 2 aliphatic rings. The SMILES string of the molecule is Cc1c(N2C(=O)C(=Cc3c(N4CCN(c5ccccc5F)CC4)nc4ccccn4c3=O)SC2=S)c(=O)n(-c2ccccc2)n1C. The van der Waals surface area contributed by atoms with Gasteiger partial charge in [-0.3, -0.25) is 28.4 Å². The van der Waals surface area contributed by atoms with Gasteiger partial charge in [-0.1, -0.05) is 60.4 Å². The van der Waals surface area contributed by atoms with Crippen LogP contribution in [0.2, 0.25) is 0 Å². The molecule has 0 atom stereocenters. The molecular formula is C33H28FN7O3S2. The Hall–Kier alpha value is -5.01. The van der Waals surface area contributed by atoms with E-state index >= 15 is 0 Å². The molecule has 2 saturated heterocycles. The average molecular weight is 654 g/mol. The molecule has 0 aliphatic carbocycles. The average Bonchev–Trinajstić information content (AvgIpc) is 3.46. The quantitative estimate of drug-likeness (QED) is 0.204. The third-order valence-electron chi connectivity index (χ3n) is 8.34. The minimum Gasteiger partial charge on any atom is -0.366 e. The molecule has 10 nitrogen and oxygen atoms in total. The molecule has 0 N–H and O–H groups in total. The number of hydrogen-bond acceptors (Lipinski definition) is 8. The highest BCUT2D eigenvalue weighted by Crippen LogP contribution is 2.37. The van der Waals surface area contributed by atoms with Gasteiger partial charge in [0.2, 0.25) is 0 Å². The van der Waals surface area contributed by atoms with E-state index in [1.165, 1.54) is 26.1 Å². The number of carbonyl (C=O) groups is 1. The van der Waals surface area contributed by atoms with Crippen molar-refractivity contribution in [2.75, 3.05) is 40.9 Å². The summed E-state index contributed by atoms with van der Waals surface area (Å²) >= 11 is 6.68. The first-order chi connectivity index (χ1) is 22.2. The van der Waals surface area contributed by atoms with Gasteiger partial charge in [0.25, 0.3) is 17.0 Å². The Morgan fingerprint density at radius 3 is 2.28 bits per heavy atom. The second-order valence-electron chi connectivity index (χ2n) is 10.9. The highest BCUT2D eigenvalue weighted by molar-refractivity contribution is 8.27. The molecule has 3 aromatic heterocycles. The van der Waals surface area contributed by atoms with E-state index in [0.717, 1.165) is 11.8 Å². The van der Waals surface area contributed by atoms with Gasteiger partial charge in [0.05, 0.1) is 27.5 Å². The van der Waals surface area contributed by atoms with Gasteiger partial charge in [-0.2, -0.15) is 0 Å². The molecule has 5 aromatic rings. The highest BCUT2D eigenvalue weighted by atomic mass is 32.2. The zero-order chi connectivity index (χ0) is 32.1. The molecule has 0 radical (unpaired) electrons. The number of aromatic nitrogens is 4. The van der Waals surface area contributed by atoms with Crippen LogP contribution < -0.4 is 25.8 Å². The van der Waals surface area contributed by atoms with Crippen molar-refractivity contribution in [1.82, 2.24) is 18.7 Å². The van der Waals surface area contributed by atoms with Gasteiger partial charge >= 0.3 is 0 Å². The number of amides is 1. The van der Waals surface area contributed by atoms with Crippen molar-refractivity contribution in [3.63, 3.8) is 0 Å². The lowest BCUT2D eigenvalue weighted by molar-refractivity contribution is -0.113. The largest absolute Gasteiger partial charge is 0.366 e. The van der Waals surface area contributed by atoms with E-state index in [-0.39, 0.29) is 37.4 Å². The molecule has 0 saturated carbocycles. The maximum atomic E-state index is 14.5. The smallest absolute Gasteiger partial charge is 0.296 e. The second kappa shape index (κ2) is 11.7. The van der Waals surface area contributed by atoms with E-state index in [1.807, 2.05) is 40.1 Å². The standard InChI is InChI=1S/C33H28FN7O3S2/c1-21-28(32(44)41(36(21)2)22-10-4-3-5-11-22)40-31(43)26(46-33(40)45)20-23-29(35-27-14-8-9-15-39(27)30(23)42)38-18-16-37(17-19-38)25-13-7-6-12-24(25)34/h3-15,20H,16-19H2,1-2H3. The Balaban J connectivity index is 1.27. The second-order valence-corrected chi connectivity index (χ2v) is 12.6. The number of carbonyl (C=O) groups excluding carboxylic acids is 1. The van der Waals surface area contributed by atoms with Crippen LogP contribution in [0.25, 0.3) is 17.4 Å². The fourth-order valence-corrected chi connectivity index (χ4v) is 7.18. The Morgan fingerprint density at radius 2 is 1.54 bits per heavy atom. The molecule has 0 spiro atoms. The molecule has 232 valence electrons. The van der Waals surface area contributed by atoms with Gasteiger partial charge in [0, 0.05) is 39.4 Å². The molecule has 0 unspecified atom stereocenters. The summed E-state index contributed by atoms with van der Waals surface area (Å²) < 4.78 is 19.3. The molecule has 7 rings (SSSR count). The van der Waals surface area contributed by atoms with Gasteiger partial charge in [-0.15, -0.1) is 0 Å². The summed E-state index contributed by atoms with van der Waals surface area (Å²) in [5.74, 6) is -0.351. The number of hydrogen-bond donors (Lipinski definition) is 0. The van der Waals surface area contributed by atoms with E-state index < -0.39 is 5.91 Å². The minimum absolute atomic E-state index is 0.162. The van der Waals surface area contributed by atoms with Crippen LogP contribution in [-0.4, -0.2) is 55.2 Å². The molecule has 2 fully saturated rings. The van der Waals surface area contributed by atoms with Crippen molar-refractivity contribution in [1.29, 1.82) is 0 Å². The predicted molar refractivity (Wildman–Crippen MR) is 184 cm³/mol. The first kappa shape index (κ1) is 29.7. The van der Waals surface area contributed by atoms with Crippen molar-refractivity contribution in [3.05, 3.63) is 122 Å². The van der Waals surface area contributed by atoms with Gasteiger partial charge in [-0.25, -0.2) is 14.1 Å². The van der Waals surface area contributed by atoms with Crippen molar-refractivity contribution < 1.29 is 9.18 Å². The number of nitrogens with zero attached hydrogens (tertiary/aromatic N) is 7. The van der Waals surface area contributed by atoms with Crippen LogP contribution in [0.1, 0.15) is 11.3 Å². The predicted octanol–water partition coefficient (Wildman–Crippen LogP) is 4.36. The Morgan fingerprint density at radius 1 is 0.870 bits per heavy atom. The Bertz CT molecular complexity index is 2180.